The van der Waals surface area contributed by atoms with E-state index in [0.29, 0.717) is 55.5 Å². The van der Waals surface area contributed by atoms with Crippen LogP contribution in [0, 0.1) is 17.1 Å². The molecule has 3 aromatic rings. The predicted octanol–water partition coefficient (Wildman–Crippen LogP) is 5.07. The molecule has 19 heteroatoms. The third-order valence-corrected chi connectivity index (χ3v) is 10.6. The fourth-order valence-electron chi connectivity index (χ4n) is 7.02. The zero-order valence-corrected chi connectivity index (χ0v) is 32.5. The van der Waals surface area contributed by atoms with Crippen molar-refractivity contribution in [2.45, 2.75) is 49.9 Å². The second kappa shape index (κ2) is 16.8. The van der Waals surface area contributed by atoms with Gasteiger partial charge in [-0.05, 0) is 68.8 Å². The average Bonchev–Trinajstić information content (AvgIpc) is 3.31. The van der Waals surface area contributed by atoms with E-state index >= 15 is 4.39 Å². The van der Waals surface area contributed by atoms with Gasteiger partial charge in [-0.3, -0.25) is 39.2 Å². The minimum absolute atomic E-state index is 0.0247. The van der Waals surface area contributed by atoms with E-state index in [9.17, 15) is 37.6 Å². The fraction of sp³-hybridized carbons (Fsp3) is 0.395. The van der Waals surface area contributed by atoms with E-state index in [2.05, 4.69) is 33.5 Å². The van der Waals surface area contributed by atoms with Gasteiger partial charge in [0.2, 0.25) is 17.7 Å². The molecule has 13 nitrogen and oxygen atoms in total. The first-order valence-electron chi connectivity index (χ1n) is 17.9. The van der Waals surface area contributed by atoms with Crippen molar-refractivity contribution in [3.63, 3.8) is 0 Å². The van der Waals surface area contributed by atoms with Crippen LogP contribution < -0.4 is 30.5 Å². The maximum Gasteiger partial charge on any atom is 0.417 e. The van der Waals surface area contributed by atoms with E-state index in [1.54, 1.807) is 38.1 Å². The van der Waals surface area contributed by atoms with Crippen molar-refractivity contribution in [1.29, 1.82) is 5.26 Å². The molecular formula is C38H39ClF4N8O5S. The molecule has 3 aliphatic heterocycles. The molecule has 302 valence electrons. The number of nitriles is 1. The second-order valence-electron chi connectivity index (χ2n) is 14.3. The van der Waals surface area contributed by atoms with Crippen LogP contribution >= 0.6 is 24.2 Å². The Kier molecular flexibility index (Phi) is 12.2. The molecule has 3 saturated heterocycles. The number of imide groups is 1. The number of ether oxygens (including phenoxy) is 1. The third kappa shape index (κ3) is 9.39. The molecule has 4 amide bonds. The first kappa shape index (κ1) is 41.5. The molecule has 0 saturated carbocycles. The summed E-state index contributed by atoms with van der Waals surface area (Å²) in [6, 6.07) is 12.9. The lowest BCUT2D eigenvalue weighted by Crippen LogP contribution is -2.49. The van der Waals surface area contributed by atoms with Crippen LogP contribution in [0.4, 0.5) is 40.3 Å². The number of halogens is 5. The number of benzene rings is 3. The maximum atomic E-state index is 15.4. The number of nitrogens with one attached hydrogen (secondary N) is 3. The summed E-state index contributed by atoms with van der Waals surface area (Å²) in [5.41, 5.74) is -3.07. The van der Waals surface area contributed by atoms with E-state index < -0.39 is 52.0 Å². The Morgan fingerprint density at radius 1 is 1.02 bits per heavy atom. The molecule has 0 bridgehead atoms. The summed E-state index contributed by atoms with van der Waals surface area (Å²) in [7, 11) is 0. The first-order valence-corrected chi connectivity index (χ1v) is 18.8. The molecule has 0 aromatic heterocycles. The van der Waals surface area contributed by atoms with Gasteiger partial charge in [-0.15, -0.1) is 12.6 Å². The normalized spacial score (nSPS) is 20.3. The van der Waals surface area contributed by atoms with Crippen molar-refractivity contribution < 1.29 is 41.5 Å². The standard InChI is InChI=1S/C38H39ClF4N8O5S/c1-37(2)35(55)50(26-4-3-22(20-44)28(18-26)38(41,42)43)36(57)51(37)27-5-7-31(29(40)19-27)56-14-13-48-9-11-49(12-10-48)21-33(53)46-25-16-23(39)15-24(17-25)45-30-6-8-32(52)47-34(30)54/h3-5,7,15-19,30,36,45,57H,6,8-14,21H2,1-2H3,(H,46,53)(H,47,52,54). The molecule has 3 fully saturated rings. The molecular weight excluding hydrogens is 792 g/mol. The Hall–Kier alpha value is -5.09. The van der Waals surface area contributed by atoms with Crippen molar-refractivity contribution in [2.75, 3.05) is 66.3 Å². The number of nitrogens with zero attached hydrogens (tertiary/aromatic N) is 5. The molecule has 3 aromatic carbocycles. The zero-order chi connectivity index (χ0) is 41.2. The molecule has 3 heterocycles. The van der Waals surface area contributed by atoms with Crippen LogP contribution in [-0.2, 0) is 25.4 Å². The number of carbonyl (C=O) groups excluding carboxylic acids is 4. The Morgan fingerprint density at radius 2 is 1.70 bits per heavy atom. The molecule has 3 aliphatic rings. The van der Waals surface area contributed by atoms with Gasteiger partial charge in [0.25, 0.3) is 5.91 Å². The highest BCUT2D eigenvalue weighted by molar-refractivity contribution is 7.81. The van der Waals surface area contributed by atoms with Crippen molar-refractivity contribution in [3.05, 3.63) is 76.6 Å². The Balaban J connectivity index is 0.981. The summed E-state index contributed by atoms with van der Waals surface area (Å²) < 4.78 is 62.2. The van der Waals surface area contributed by atoms with E-state index in [4.69, 9.17) is 16.3 Å². The highest BCUT2D eigenvalue weighted by Gasteiger charge is 2.52. The Labute approximate surface area is 336 Å². The number of hydrogen-bond donors (Lipinski definition) is 4. The predicted molar refractivity (Wildman–Crippen MR) is 208 cm³/mol. The van der Waals surface area contributed by atoms with Gasteiger partial charge in [-0.25, -0.2) is 4.39 Å². The number of amides is 4. The molecule has 2 atom stereocenters. The molecule has 3 N–H and O–H groups in total. The number of anilines is 4. The van der Waals surface area contributed by atoms with Crippen LogP contribution in [0.5, 0.6) is 5.75 Å². The topological polar surface area (TPSA) is 150 Å². The van der Waals surface area contributed by atoms with Crippen LogP contribution in [0.25, 0.3) is 0 Å². The van der Waals surface area contributed by atoms with Crippen molar-refractivity contribution in [2.24, 2.45) is 0 Å². The van der Waals surface area contributed by atoms with Gasteiger partial charge in [0, 0.05) is 73.0 Å². The lowest BCUT2D eigenvalue weighted by molar-refractivity contribution is -0.138. The van der Waals surface area contributed by atoms with Crippen LogP contribution in [-0.4, -0.2) is 96.4 Å². The van der Waals surface area contributed by atoms with Crippen LogP contribution in [0.1, 0.15) is 37.8 Å². The smallest absolute Gasteiger partial charge is 0.417 e. The van der Waals surface area contributed by atoms with E-state index in [-0.39, 0.29) is 48.5 Å². The fourth-order valence-corrected chi connectivity index (χ4v) is 7.92. The quantitative estimate of drug-likeness (QED) is 0.117. The van der Waals surface area contributed by atoms with E-state index in [1.165, 1.54) is 29.2 Å². The molecule has 0 spiro atoms. The van der Waals surface area contributed by atoms with Gasteiger partial charge in [0.05, 0.1) is 23.7 Å². The lowest BCUT2D eigenvalue weighted by Gasteiger charge is -2.34. The summed E-state index contributed by atoms with van der Waals surface area (Å²) in [4.78, 5) is 56.7. The number of rotatable bonds is 11. The first-order chi connectivity index (χ1) is 26.9. The molecule has 57 heavy (non-hydrogen) atoms. The molecule has 0 radical (unpaired) electrons. The van der Waals surface area contributed by atoms with E-state index in [0.717, 1.165) is 17.0 Å². The number of piperidine rings is 1. The highest BCUT2D eigenvalue weighted by atomic mass is 35.5. The van der Waals surface area contributed by atoms with Gasteiger partial charge in [0.1, 0.15) is 18.2 Å². The van der Waals surface area contributed by atoms with Crippen LogP contribution in [0.2, 0.25) is 5.02 Å². The summed E-state index contributed by atoms with van der Waals surface area (Å²) in [6.07, 6.45) is -4.27. The number of thiol groups is 1. The zero-order valence-electron chi connectivity index (χ0n) is 30.8. The SMILES string of the molecule is CC1(C)C(=O)N(c2ccc(C#N)c(C(F)(F)F)c2)C(S)N1c1ccc(OCCN2CCN(CC(=O)Nc3cc(Cl)cc(NC4CCC(=O)NC4=O)c3)CC2)c(F)c1. The summed E-state index contributed by atoms with van der Waals surface area (Å²) in [6.45, 7) is 6.37. The van der Waals surface area contributed by atoms with Crippen molar-refractivity contribution in [1.82, 2.24) is 15.1 Å². The largest absolute Gasteiger partial charge is 0.489 e. The summed E-state index contributed by atoms with van der Waals surface area (Å²) in [5.74, 6) is -2.29. The second-order valence-corrected chi connectivity index (χ2v) is 15.2. The highest BCUT2D eigenvalue weighted by Crippen LogP contribution is 2.43. The van der Waals surface area contributed by atoms with Gasteiger partial charge in [-0.2, -0.15) is 18.4 Å². The third-order valence-electron chi connectivity index (χ3n) is 9.97. The van der Waals surface area contributed by atoms with Gasteiger partial charge >= 0.3 is 6.18 Å². The number of alkyl halides is 3. The number of piperazine rings is 1. The molecule has 6 rings (SSSR count). The monoisotopic (exact) mass is 830 g/mol. The van der Waals surface area contributed by atoms with Gasteiger partial charge in [0.15, 0.2) is 17.1 Å². The maximum absolute atomic E-state index is 15.4. The minimum Gasteiger partial charge on any atom is -0.489 e. The van der Waals surface area contributed by atoms with Gasteiger partial charge < -0.3 is 20.3 Å². The number of hydrogen-bond acceptors (Lipinski definition) is 11. The Morgan fingerprint density at radius 3 is 2.37 bits per heavy atom. The average molecular weight is 831 g/mol. The number of carbonyl (C=O) groups is 4. The Bertz CT molecular complexity index is 2110. The van der Waals surface area contributed by atoms with E-state index in [1.807, 2.05) is 4.90 Å². The molecule has 0 aliphatic carbocycles. The van der Waals surface area contributed by atoms with Crippen molar-refractivity contribution >= 4 is 70.6 Å². The van der Waals surface area contributed by atoms with Crippen LogP contribution in [0.3, 0.4) is 0 Å². The summed E-state index contributed by atoms with van der Waals surface area (Å²) in [5, 5.41) is 17.7. The van der Waals surface area contributed by atoms with Crippen molar-refractivity contribution in [3.8, 4) is 11.8 Å². The molecule has 2 unspecified atom stereocenters. The van der Waals surface area contributed by atoms with Gasteiger partial charge in [-0.1, -0.05) is 11.6 Å². The van der Waals surface area contributed by atoms with Crippen LogP contribution in [0.15, 0.2) is 54.6 Å². The minimum atomic E-state index is -4.83. The summed E-state index contributed by atoms with van der Waals surface area (Å²) >= 11 is 10.8. The lowest BCUT2D eigenvalue weighted by atomic mass is 10.0.